The Kier molecular flexibility index (Phi) is 5.10. The third kappa shape index (κ3) is 3.76. The van der Waals surface area contributed by atoms with Crippen LogP contribution in [0.3, 0.4) is 0 Å². The minimum Gasteiger partial charge on any atom is -0.495 e. The summed E-state index contributed by atoms with van der Waals surface area (Å²) in [6.07, 6.45) is 2.53. The fourth-order valence-electron chi connectivity index (χ4n) is 2.48. The maximum Gasteiger partial charge on any atom is 0.274 e. The molecule has 1 aromatic heterocycles. The van der Waals surface area contributed by atoms with E-state index >= 15 is 0 Å². The summed E-state index contributed by atoms with van der Waals surface area (Å²) in [5.41, 5.74) is 10.7. The highest BCUT2D eigenvalue weighted by Gasteiger charge is 2.36. The van der Waals surface area contributed by atoms with E-state index in [1.165, 1.54) is 19.4 Å². The minimum atomic E-state index is -1.81. The van der Waals surface area contributed by atoms with E-state index in [1.807, 2.05) is 0 Å². The first-order valence-corrected chi connectivity index (χ1v) is 8.51. The fourth-order valence-corrected chi connectivity index (χ4v) is 2.82. The third-order valence-corrected chi connectivity index (χ3v) is 4.34. The smallest absolute Gasteiger partial charge is 0.274 e. The van der Waals surface area contributed by atoms with Gasteiger partial charge in [-0.2, -0.15) is 0 Å². The number of ether oxygens (including phenoxy) is 1. The van der Waals surface area contributed by atoms with E-state index < -0.39 is 17.4 Å². The minimum absolute atomic E-state index is 0.0290. The summed E-state index contributed by atoms with van der Waals surface area (Å²) in [4.78, 5) is 20.5. The van der Waals surface area contributed by atoms with Gasteiger partial charge in [0.2, 0.25) is 0 Å². The number of guanidine groups is 1. The molecule has 0 saturated heterocycles. The predicted molar refractivity (Wildman–Crippen MR) is 103 cm³/mol. The van der Waals surface area contributed by atoms with E-state index in [0.29, 0.717) is 10.2 Å². The average Bonchev–Trinajstić information content (AvgIpc) is 2.65. The molecule has 1 aromatic carbocycles. The molecule has 140 valence electrons. The Balaban J connectivity index is 1.98. The van der Waals surface area contributed by atoms with Gasteiger partial charge in [-0.3, -0.25) is 15.5 Å². The molecule has 27 heavy (non-hydrogen) atoms. The quantitative estimate of drug-likeness (QED) is 0.582. The lowest BCUT2D eigenvalue weighted by Gasteiger charge is -2.28. The number of aromatic nitrogens is 1. The molecule has 1 atom stereocenters. The summed E-state index contributed by atoms with van der Waals surface area (Å²) in [7, 11) is 1.45. The molecule has 2 aromatic rings. The van der Waals surface area contributed by atoms with Crippen LogP contribution in [0.25, 0.3) is 0 Å². The molecule has 10 heteroatoms. The van der Waals surface area contributed by atoms with Gasteiger partial charge in [0, 0.05) is 22.4 Å². The Bertz CT molecular complexity index is 964. The maximum atomic E-state index is 14.4. The Labute approximate surface area is 162 Å². The van der Waals surface area contributed by atoms with Crippen LogP contribution in [-0.2, 0) is 5.66 Å². The fraction of sp³-hybridized carbons (Fsp3) is 0.118. The summed E-state index contributed by atoms with van der Waals surface area (Å²) in [5, 5.41) is 5.14. The van der Waals surface area contributed by atoms with Crippen LogP contribution >= 0.6 is 15.9 Å². The van der Waals surface area contributed by atoms with E-state index in [1.54, 1.807) is 24.3 Å². The SMILES string of the molecule is COc1ccc(C2(N)N=C(N)NC=C2F)cc1NC(=O)c1cc(Br)ccn1. The monoisotopic (exact) mass is 434 g/mol. The molecule has 0 fully saturated rings. The molecule has 0 saturated carbocycles. The van der Waals surface area contributed by atoms with Gasteiger partial charge in [-0.15, -0.1) is 0 Å². The van der Waals surface area contributed by atoms with Crippen molar-refractivity contribution in [3.63, 3.8) is 0 Å². The van der Waals surface area contributed by atoms with E-state index in [4.69, 9.17) is 16.2 Å². The Morgan fingerprint density at radius 1 is 1.37 bits per heavy atom. The van der Waals surface area contributed by atoms with Crippen molar-refractivity contribution in [1.29, 1.82) is 0 Å². The van der Waals surface area contributed by atoms with Gasteiger partial charge in [0.1, 0.15) is 11.4 Å². The van der Waals surface area contributed by atoms with E-state index in [-0.39, 0.29) is 22.9 Å². The second-order valence-corrected chi connectivity index (χ2v) is 6.54. The predicted octanol–water partition coefficient (Wildman–Crippen LogP) is 1.95. The number of aliphatic imine (C=N–C) groups is 1. The second kappa shape index (κ2) is 7.33. The normalized spacial score (nSPS) is 18.8. The summed E-state index contributed by atoms with van der Waals surface area (Å²) in [6.45, 7) is 0. The topological polar surface area (TPSA) is 128 Å². The van der Waals surface area contributed by atoms with Crippen LogP contribution in [0, 0.1) is 0 Å². The van der Waals surface area contributed by atoms with Gasteiger partial charge < -0.3 is 21.1 Å². The number of hydrogen-bond donors (Lipinski definition) is 4. The van der Waals surface area contributed by atoms with Crippen LogP contribution in [0.1, 0.15) is 16.1 Å². The highest BCUT2D eigenvalue weighted by atomic mass is 79.9. The number of nitrogens with two attached hydrogens (primary N) is 2. The zero-order valence-corrected chi connectivity index (χ0v) is 15.7. The lowest BCUT2D eigenvalue weighted by molar-refractivity contribution is 0.102. The number of rotatable bonds is 4. The molecule has 6 N–H and O–H groups in total. The first-order valence-electron chi connectivity index (χ1n) is 7.72. The second-order valence-electron chi connectivity index (χ2n) is 5.63. The Morgan fingerprint density at radius 3 is 2.85 bits per heavy atom. The molecule has 0 aliphatic carbocycles. The van der Waals surface area contributed by atoms with Crippen LogP contribution < -0.4 is 26.8 Å². The number of carbonyl (C=O) groups is 1. The van der Waals surface area contributed by atoms with Crippen molar-refractivity contribution in [2.24, 2.45) is 16.5 Å². The molecule has 1 unspecified atom stereocenters. The zero-order valence-electron chi connectivity index (χ0n) is 14.2. The molecule has 2 heterocycles. The number of carbonyl (C=O) groups excluding carboxylic acids is 1. The molecule has 1 aliphatic rings. The number of nitrogens with one attached hydrogen (secondary N) is 2. The van der Waals surface area contributed by atoms with E-state index in [0.717, 1.165) is 6.20 Å². The van der Waals surface area contributed by atoms with Gasteiger partial charge in [-0.25, -0.2) is 9.38 Å². The maximum absolute atomic E-state index is 14.4. The van der Waals surface area contributed by atoms with Crippen molar-refractivity contribution in [2.45, 2.75) is 5.66 Å². The van der Waals surface area contributed by atoms with Crippen LogP contribution in [0.4, 0.5) is 10.1 Å². The van der Waals surface area contributed by atoms with Crippen molar-refractivity contribution in [3.8, 4) is 5.75 Å². The lowest BCUT2D eigenvalue weighted by atomic mass is 9.98. The number of hydrogen-bond acceptors (Lipinski definition) is 7. The molecular formula is C17H16BrFN6O2. The molecule has 3 rings (SSSR count). The Morgan fingerprint density at radius 2 is 2.15 bits per heavy atom. The molecule has 1 amide bonds. The molecule has 0 spiro atoms. The first-order chi connectivity index (χ1) is 12.8. The highest BCUT2D eigenvalue weighted by molar-refractivity contribution is 9.10. The lowest BCUT2D eigenvalue weighted by Crippen LogP contribution is -2.44. The van der Waals surface area contributed by atoms with Gasteiger partial charge in [0.25, 0.3) is 5.91 Å². The summed E-state index contributed by atoms with van der Waals surface area (Å²) in [5.74, 6) is -0.866. The van der Waals surface area contributed by atoms with E-state index in [9.17, 15) is 9.18 Å². The van der Waals surface area contributed by atoms with Crippen molar-refractivity contribution in [3.05, 3.63) is 64.3 Å². The number of pyridine rings is 1. The van der Waals surface area contributed by atoms with Gasteiger partial charge in [0.05, 0.1) is 12.8 Å². The number of anilines is 1. The number of methoxy groups -OCH3 is 1. The van der Waals surface area contributed by atoms with Gasteiger partial charge in [-0.1, -0.05) is 22.0 Å². The number of nitrogens with zero attached hydrogens (tertiary/aromatic N) is 2. The molecule has 0 bridgehead atoms. The third-order valence-electron chi connectivity index (χ3n) is 3.85. The summed E-state index contributed by atoms with van der Waals surface area (Å²) < 4.78 is 20.3. The molecule has 8 nitrogen and oxygen atoms in total. The summed E-state index contributed by atoms with van der Waals surface area (Å²) in [6, 6.07) is 7.83. The molecular weight excluding hydrogens is 419 g/mol. The van der Waals surface area contributed by atoms with Gasteiger partial charge in [-0.05, 0) is 24.3 Å². The zero-order chi connectivity index (χ0) is 19.6. The molecule has 0 radical (unpaired) electrons. The van der Waals surface area contributed by atoms with Gasteiger partial charge >= 0.3 is 0 Å². The summed E-state index contributed by atoms with van der Waals surface area (Å²) >= 11 is 3.29. The van der Waals surface area contributed by atoms with Crippen molar-refractivity contribution in [2.75, 3.05) is 12.4 Å². The van der Waals surface area contributed by atoms with Crippen LogP contribution in [0.15, 0.2) is 58.0 Å². The van der Waals surface area contributed by atoms with Crippen molar-refractivity contribution < 1.29 is 13.9 Å². The first kappa shape index (κ1) is 18.8. The standard InChI is InChI=1S/C17H16BrFN6O2/c1-27-13-3-2-9(17(21)14(19)8-23-16(20)25-17)6-11(13)24-15(26)12-7-10(18)4-5-22-12/h2-8H,21H2,1H3,(H,24,26)(H3,20,23,25). The average molecular weight is 435 g/mol. The van der Waals surface area contributed by atoms with Crippen LogP contribution in [0.5, 0.6) is 5.75 Å². The number of benzene rings is 1. The molecule has 1 aliphatic heterocycles. The van der Waals surface area contributed by atoms with Crippen LogP contribution in [-0.4, -0.2) is 24.0 Å². The Hall–Kier alpha value is -2.98. The van der Waals surface area contributed by atoms with Crippen molar-refractivity contribution in [1.82, 2.24) is 10.3 Å². The van der Waals surface area contributed by atoms with Crippen LogP contribution in [0.2, 0.25) is 0 Å². The number of amides is 1. The highest BCUT2D eigenvalue weighted by Crippen LogP contribution is 2.35. The van der Waals surface area contributed by atoms with Gasteiger partial charge in [0.15, 0.2) is 17.4 Å². The largest absolute Gasteiger partial charge is 0.495 e. The van der Waals surface area contributed by atoms with Crippen molar-refractivity contribution >= 4 is 33.5 Å². The van der Waals surface area contributed by atoms with E-state index in [2.05, 4.69) is 36.5 Å². The number of halogens is 2.